The summed E-state index contributed by atoms with van der Waals surface area (Å²) in [5.74, 6) is 0.677. The van der Waals surface area contributed by atoms with Crippen LogP contribution < -0.4 is 4.74 Å². The normalized spacial score (nSPS) is 21.1. The number of nitrogens with zero attached hydrogens (tertiary/aromatic N) is 2. The minimum Gasteiger partial charge on any atom is -0.497 e. The maximum absolute atomic E-state index is 14.0. The van der Waals surface area contributed by atoms with Gasteiger partial charge in [0.1, 0.15) is 11.6 Å². The van der Waals surface area contributed by atoms with E-state index < -0.39 is 0 Å². The Hall–Kier alpha value is -2.95. The third-order valence-electron chi connectivity index (χ3n) is 5.49. The number of aryl methyl sites for hydroxylation is 1. The fourth-order valence-corrected chi connectivity index (χ4v) is 4.31. The van der Waals surface area contributed by atoms with Gasteiger partial charge >= 0.3 is 0 Å². The van der Waals surface area contributed by atoms with Crippen molar-refractivity contribution < 1.29 is 13.9 Å². The Morgan fingerprint density at radius 2 is 2.07 bits per heavy atom. The van der Waals surface area contributed by atoms with Crippen molar-refractivity contribution in [2.24, 2.45) is 11.0 Å². The monoisotopic (exact) mass is 378 g/mol. The third-order valence-corrected chi connectivity index (χ3v) is 5.49. The lowest BCUT2D eigenvalue weighted by Crippen LogP contribution is -2.28. The molecule has 2 aliphatic rings. The molecule has 1 aliphatic heterocycles. The molecule has 0 spiro atoms. The molecule has 1 aliphatic carbocycles. The number of methoxy groups -OCH3 is 1. The number of hydrogen-bond donors (Lipinski definition) is 0. The van der Waals surface area contributed by atoms with Gasteiger partial charge in [0.25, 0.3) is 0 Å². The zero-order chi connectivity index (χ0) is 19.8. The van der Waals surface area contributed by atoms with Crippen molar-refractivity contribution in [1.29, 1.82) is 0 Å². The summed E-state index contributed by atoms with van der Waals surface area (Å²) < 4.78 is 19.3. The zero-order valence-electron chi connectivity index (χ0n) is 16.3. The quantitative estimate of drug-likeness (QED) is 0.727. The van der Waals surface area contributed by atoms with E-state index in [4.69, 9.17) is 9.84 Å². The maximum Gasteiger partial charge on any atom is 0.154 e. The van der Waals surface area contributed by atoms with Crippen LogP contribution in [0.1, 0.15) is 43.0 Å². The highest BCUT2D eigenvalue weighted by molar-refractivity contribution is 6.06. The van der Waals surface area contributed by atoms with Crippen molar-refractivity contribution in [3.05, 3.63) is 76.7 Å². The Labute approximate surface area is 164 Å². The predicted molar refractivity (Wildman–Crippen MR) is 107 cm³/mol. The van der Waals surface area contributed by atoms with Crippen molar-refractivity contribution in [3.8, 4) is 5.75 Å². The van der Waals surface area contributed by atoms with E-state index in [0.717, 1.165) is 41.1 Å². The number of allylic oxidation sites excluding steroid dienone is 2. The Balaban J connectivity index is 1.82. The molecule has 0 radical (unpaired) electrons. The van der Waals surface area contributed by atoms with Gasteiger partial charge in [-0.2, -0.15) is 5.10 Å². The van der Waals surface area contributed by atoms with E-state index in [-0.39, 0.29) is 23.6 Å². The van der Waals surface area contributed by atoms with Gasteiger partial charge < -0.3 is 4.74 Å². The van der Waals surface area contributed by atoms with Crippen LogP contribution in [0.25, 0.3) is 0 Å². The summed E-state index contributed by atoms with van der Waals surface area (Å²) in [5.41, 5.74) is 4.95. The third kappa shape index (κ3) is 3.21. The van der Waals surface area contributed by atoms with Crippen LogP contribution in [-0.2, 0) is 11.2 Å². The molecule has 4 nitrogen and oxygen atoms in total. The average molecular weight is 378 g/mol. The minimum atomic E-state index is -0.264. The van der Waals surface area contributed by atoms with Crippen LogP contribution in [0.4, 0.5) is 4.39 Å². The molecule has 28 heavy (non-hydrogen) atoms. The standard InChI is InChI=1S/C23H23FN2O2/c1-14(11-15(2)27)26-23(17-5-4-6-18(24)12-17)21-9-7-16-13-19(28-3)8-10-20(16)22(21)25-26/h4-6,8,10-13,21,23H,7,9H2,1-3H3/t21-,23+/m1/s1. The average Bonchev–Trinajstić information content (AvgIpc) is 3.07. The van der Waals surface area contributed by atoms with Crippen LogP contribution in [0.3, 0.4) is 0 Å². The van der Waals surface area contributed by atoms with Crippen LogP contribution in [0.5, 0.6) is 5.75 Å². The first-order chi connectivity index (χ1) is 13.5. The van der Waals surface area contributed by atoms with Gasteiger partial charge in [0, 0.05) is 23.3 Å². The van der Waals surface area contributed by atoms with E-state index >= 15 is 0 Å². The molecule has 0 unspecified atom stereocenters. The number of rotatable bonds is 4. The Morgan fingerprint density at radius 3 is 2.79 bits per heavy atom. The molecule has 0 saturated heterocycles. The van der Waals surface area contributed by atoms with Crippen molar-refractivity contribution in [1.82, 2.24) is 5.01 Å². The smallest absolute Gasteiger partial charge is 0.154 e. The molecular weight excluding hydrogens is 355 g/mol. The lowest BCUT2D eigenvalue weighted by Gasteiger charge is -2.31. The molecule has 0 aromatic heterocycles. The number of halogens is 1. The topological polar surface area (TPSA) is 41.9 Å². The summed E-state index contributed by atoms with van der Waals surface area (Å²) in [7, 11) is 1.66. The van der Waals surface area contributed by atoms with Crippen LogP contribution in [0, 0.1) is 11.7 Å². The highest BCUT2D eigenvalue weighted by atomic mass is 19.1. The second kappa shape index (κ2) is 7.23. The molecule has 2 aromatic carbocycles. The molecule has 4 rings (SSSR count). The second-order valence-electron chi connectivity index (χ2n) is 7.39. The van der Waals surface area contributed by atoms with Gasteiger partial charge in [-0.05, 0) is 68.1 Å². The van der Waals surface area contributed by atoms with Crippen LogP contribution in [0.2, 0.25) is 0 Å². The minimum absolute atomic E-state index is 0.0318. The molecule has 0 fully saturated rings. The van der Waals surface area contributed by atoms with Crippen LogP contribution >= 0.6 is 0 Å². The molecule has 144 valence electrons. The van der Waals surface area contributed by atoms with Gasteiger partial charge in [0.05, 0.1) is 18.9 Å². The first kappa shape index (κ1) is 18.4. The number of hydrazone groups is 1. The molecule has 0 bridgehead atoms. The molecule has 0 amide bonds. The molecule has 2 aromatic rings. The van der Waals surface area contributed by atoms with E-state index in [2.05, 4.69) is 12.1 Å². The second-order valence-corrected chi connectivity index (χ2v) is 7.39. The summed E-state index contributed by atoms with van der Waals surface area (Å²) >= 11 is 0. The van der Waals surface area contributed by atoms with Crippen LogP contribution in [0.15, 0.2) is 59.3 Å². The van der Waals surface area contributed by atoms with Crippen molar-refractivity contribution in [3.63, 3.8) is 0 Å². The summed E-state index contributed by atoms with van der Waals surface area (Å²) in [6.07, 6.45) is 3.40. The van der Waals surface area contributed by atoms with Crippen molar-refractivity contribution in [2.75, 3.05) is 7.11 Å². The Morgan fingerprint density at radius 1 is 1.25 bits per heavy atom. The number of carbonyl (C=O) groups excluding carboxylic acids is 1. The number of fused-ring (bicyclic) bond motifs is 3. The molecule has 2 atom stereocenters. The number of ether oxygens (including phenoxy) is 1. The number of benzene rings is 2. The fourth-order valence-electron chi connectivity index (χ4n) is 4.31. The van der Waals surface area contributed by atoms with E-state index in [1.54, 1.807) is 25.3 Å². The van der Waals surface area contributed by atoms with E-state index in [1.165, 1.54) is 18.6 Å². The lowest BCUT2D eigenvalue weighted by molar-refractivity contribution is -0.112. The van der Waals surface area contributed by atoms with E-state index in [9.17, 15) is 9.18 Å². The lowest BCUT2D eigenvalue weighted by atomic mass is 9.77. The Bertz CT molecular complexity index is 996. The summed E-state index contributed by atoms with van der Waals surface area (Å²) in [6, 6.07) is 12.6. The molecular formula is C23H23FN2O2. The highest BCUT2D eigenvalue weighted by Gasteiger charge is 2.42. The summed E-state index contributed by atoms with van der Waals surface area (Å²) in [4.78, 5) is 11.7. The van der Waals surface area contributed by atoms with Gasteiger partial charge in [-0.3, -0.25) is 9.80 Å². The van der Waals surface area contributed by atoms with Gasteiger partial charge in [-0.15, -0.1) is 0 Å². The fraction of sp³-hybridized carbons (Fsp3) is 0.304. The van der Waals surface area contributed by atoms with Gasteiger partial charge in [0.15, 0.2) is 5.78 Å². The Kier molecular flexibility index (Phi) is 4.75. The highest BCUT2D eigenvalue weighted by Crippen LogP contribution is 2.45. The van der Waals surface area contributed by atoms with Crippen molar-refractivity contribution in [2.45, 2.75) is 32.7 Å². The predicted octanol–water partition coefficient (Wildman–Crippen LogP) is 4.65. The first-order valence-electron chi connectivity index (χ1n) is 9.47. The van der Waals surface area contributed by atoms with Gasteiger partial charge in [0.2, 0.25) is 0 Å². The molecule has 5 heteroatoms. The van der Waals surface area contributed by atoms with Gasteiger partial charge in [-0.25, -0.2) is 4.39 Å². The SMILES string of the molecule is COc1ccc2c(c1)CC[C@@H]1C2=NN(C(C)=CC(C)=O)[C@H]1c1cccc(F)c1. The van der Waals surface area contributed by atoms with Crippen molar-refractivity contribution >= 4 is 11.5 Å². The molecule has 0 N–H and O–H groups in total. The van der Waals surface area contributed by atoms with E-state index in [1.807, 2.05) is 24.1 Å². The zero-order valence-corrected chi connectivity index (χ0v) is 16.3. The molecule has 1 heterocycles. The number of ketones is 1. The van der Waals surface area contributed by atoms with Gasteiger partial charge in [-0.1, -0.05) is 12.1 Å². The summed E-state index contributed by atoms with van der Waals surface area (Å²) in [5, 5.41) is 6.80. The largest absolute Gasteiger partial charge is 0.497 e. The maximum atomic E-state index is 14.0. The number of hydrogen-bond acceptors (Lipinski definition) is 4. The molecule has 0 saturated carbocycles. The first-order valence-corrected chi connectivity index (χ1v) is 9.47. The summed E-state index contributed by atoms with van der Waals surface area (Å²) in [6.45, 7) is 3.41. The number of carbonyl (C=O) groups is 1. The van der Waals surface area contributed by atoms with Crippen LogP contribution in [-0.4, -0.2) is 23.6 Å². The van der Waals surface area contributed by atoms with E-state index in [0.29, 0.717) is 0 Å².